The van der Waals surface area contributed by atoms with Crippen molar-refractivity contribution in [1.29, 1.82) is 0 Å². The Morgan fingerprint density at radius 2 is 2.19 bits per heavy atom. The van der Waals surface area contributed by atoms with Gasteiger partial charge < -0.3 is 19.5 Å². The third kappa shape index (κ3) is 6.05. The van der Waals surface area contributed by atoms with E-state index in [2.05, 4.69) is 25.3 Å². The zero-order valence-corrected chi connectivity index (χ0v) is 18.6. The van der Waals surface area contributed by atoms with Gasteiger partial charge in [0.1, 0.15) is 0 Å². The molecule has 148 valence electrons. The van der Waals surface area contributed by atoms with E-state index in [1.54, 1.807) is 19.2 Å². The third-order valence-corrected chi connectivity index (χ3v) is 4.58. The normalized spacial score (nSPS) is 17.1. The smallest absolute Gasteiger partial charge is 0.246 e. The van der Waals surface area contributed by atoms with Crippen LogP contribution < -0.4 is 5.32 Å². The number of benzene rings is 1. The van der Waals surface area contributed by atoms with E-state index in [0.29, 0.717) is 29.2 Å². The van der Waals surface area contributed by atoms with E-state index >= 15 is 0 Å². The number of hydrogen-bond donors (Lipinski definition) is 1. The topological polar surface area (TPSA) is 75.8 Å². The largest absolute Gasteiger partial charge is 0.381 e. The molecule has 9 heteroatoms. The van der Waals surface area contributed by atoms with Crippen LogP contribution in [-0.2, 0) is 11.3 Å². The molecule has 27 heavy (non-hydrogen) atoms. The molecule has 1 atom stereocenters. The molecule has 1 saturated heterocycles. The number of halogens is 2. The van der Waals surface area contributed by atoms with Gasteiger partial charge >= 0.3 is 0 Å². The van der Waals surface area contributed by atoms with Gasteiger partial charge in [0.25, 0.3) is 0 Å². The van der Waals surface area contributed by atoms with Gasteiger partial charge in [0, 0.05) is 43.2 Å². The molecule has 1 fully saturated rings. The molecule has 1 aromatic heterocycles. The molecule has 0 spiro atoms. The van der Waals surface area contributed by atoms with Crippen LogP contribution in [0.3, 0.4) is 0 Å². The number of aliphatic imine (C=N–C) groups is 1. The highest BCUT2D eigenvalue weighted by Gasteiger charge is 2.25. The van der Waals surface area contributed by atoms with E-state index in [-0.39, 0.29) is 24.0 Å². The first-order chi connectivity index (χ1) is 12.7. The van der Waals surface area contributed by atoms with Gasteiger partial charge in [-0.3, -0.25) is 4.99 Å². The molecule has 1 aliphatic rings. The monoisotopic (exact) mass is 505 g/mol. The number of guanidine groups is 1. The first-order valence-corrected chi connectivity index (χ1v) is 9.19. The summed E-state index contributed by atoms with van der Waals surface area (Å²) < 4.78 is 10.9. The Morgan fingerprint density at radius 1 is 1.41 bits per heavy atom. The average molecular weight is 506 g/mol. The summed E-state index contributed by atoms with van der Waals surface area (Å²) in [7, 11) is 1.78. The molecule has 2 heterocycles. The minimum atomic E-state index is 0. The highest BCUT2D eigenvalue weighted by atomic mass is 127. The summed E-state index contributed by atoms with van der Waals surface area (Å²) in [6.07, 6.45) is 1.11. The lowest BCUT2D eigenvalue weighted by atomic mass is 10.1. The molecule has 1 aliphatic heterocycles. The van der Waals surface area contributed by atoms with Gasteiger partial charge in [-0.15, -0.1) is 24.0 Å². The maximum Gasteiger partial charge on any atom is 0.246 e. The molecular weight excluding hydrogens is 481 g/mol. The second kappa shape index (κ2) is 10.8. The summed E-state index contributed by atoms with van der Waals surface area (Å²) in [5, 5.41) is 8.00. The molecule has 1 aromatic carbocycles. The standard InChI is InChI=1S/C18H24ClN5O2.HI/c1-3-25-12-13-8-9-24(11-13)18(20-2)21-10-16-22-17(23-26-16)14-4-6-15(19)7-5-14;/h4-7,13H,3,8-12H2,1-2H3,(H,20,21);1H. The van der Waals surface area contributed by atoms with E-state index in [9.17, 15) is 0 Å². The van der Waals surface area contributed by atoms with Crippen LogP contribution in [0.5, 0.6) is 0 Å². The van der Waals surface area contributed by atoms with Crippen LogP contribution in [0.2, 0.25) is 5.02 Å². The second-order valence-electron chi connectivity index (χ2n) is 6.18. The fourth-order valence-electron chi connectivity index (χ4n) is 2.98. The lowest BCUT2D eigenvalue weighted by Crippen LogP contribution is -2.39. The molecule has 1 unspecified atom stereocenters. The molecule has 0 amide bonds. The van der Waals surface area contributed by atoms with E-state index in [4.69, 9.17) is 20.9 Å². The van der Waals surface area contributed by atoms with Crippen LogP contribution in [0.1, 0.15) is 19.2 Å². The van der Waals surface area contributed by atoms with Crippen LogP contribution in [0.25, 0.3) is 11.4 Å². The number of likely N-dealkylation sites (tertiary alicyclic amines) is 1. The Hall–Kier alpha value is -1.39. The summed E-state index contributed by atoms with van der Waals surface area (Å²) >= 11 is 5.91. The lowest BCUT2D eigenvalue weighted by Gasteiger charge is -2.21. The fourth-order valence-corrected chi connectivity index (χ4v) is 3.10. The van der Waals surface area contributed by atoms with Crippen molar-refractivity contribution in [2.75, 3.05) is 33.4 Å². The number of nitrogens with zero attached hydrogens (tertiary/aromatic N) is 4. The molecule has 7 nitrogen and oxygen atoms in total. The minimum absolute atomic E-state index is 0. The molecule has 2 aromatic rings. The van der Waals surface area contributed by atoms with E-state index in [1.807, 2.05) is 19.1 Å². The van der Waals surface area contributed by atoms with Crippen molar-refractivity contribution >= 4 is 41.5 Å². The SMILES string of the molecule is CCOCC1CCN(C(=NC)NCc2nc(-c3ccc(Cl)cc3)no2)C1.I. The number of ether oxygens (including phenoxy) is 1. The fraction of sp³-hybridized carbons (Fsp3) is 0.500. The van der Waals surface area contributed by atoms with Gasteiger partial charge in [0.15, 0.2) is 5.96 Å². The van der Waals surface area contributed by atoms with Crippen LogP contribution >= 0.6 is 35.6 Å². The van der Waals surface area contributed by atoms with Gasteiger partial charge in [-0.1, -0.05) is 16.8 Å². The van der Waals surface area contributed by atoms with Gasteiger partial charge in [0.2, 0.25) is 11.7 Å². The van der Waals surface area contributed by atoms with E-state index in [1.165, 1.54) is 0 Å². The van der Waals surface area contributed by atoms with Crippen molar-refractivity contribution < 1.29 is 9.26 Å². The summed E-state index contributed by atoms with van der Waals surface area (Å²) in [5.74, 6) is 2.45. The summed E-state index contributed by atoms with van der Waals surface area (Å²) in [6, 6.07) is 7.34. The molecule has 0 saturated carbocycles. The predicted octanol–water partition coefficient (Wildman–Crippen LogP) is 3.44. The Morgan fingerprint density at radius 3 is 2.89 bits per heavy atom. The molecule has 0 radical (unpaired) electrons. The Kier molecular flexibility index (Phi) is 8.78. The summed E-state index contributed by atoms with van der Waals surface area (Å²) in [6.45, 7) is 5.93. The summed E-state index contributed by atoms with van der Waals surface area (Å²) in [4.78, 5) is 11.0. The number of hydrogen-bond acceptors (Lipinski definition) is 5. The van der Waals surface area contributed by atoms with Crippen molar-refractivity contribution in [2.24, 2.45) is 10.9 Å². The van der Waals surface area contributed by atoms with Crippen LogP contribution in [0.15, 0.2) is 33.8 Å². The number of nitrogens with one attached hydrogen (secondary N) is 1. The maximum absolute atomic E-state index is 5.91. The third-order valence-electron chi connectivity index (χ3n) is 4.32. The highest BCUT2D eigenvalue weighted by molar-refractivity contribution is 14.0. The van der Waals surface area contributed by atoms with Gasteiger partial charge in [-0.25, -0.2) is 0 Å². The van der Waals surface area contributed by atoms with Crippen molar-refractivity contribution in [1.82, 2.24) is 20.4 Å². The Bertz CT molecular complexity index is 738. The highest BCUT2D eigenvalue weighted by Crippen LogP contribution is 2.19. The second-order valence-corrected chi connectivity index (χ2v) is 6.62. The molecule has 0 bridgehead atoms. The van der Waals surface area contributed by atoms with E-state index in [0.717, 1.165) is 44.2 Å². The minimum Gasteiger partial charge on any atom is -0.381 e. The zero-order valence-electron chi connectivity index (χ0n) is 15.5. The van der Waals surface area contributed by atoms with Gasteiger partial charge in [0.05, 0.1) is 13.2 Å². The average Bonchev–Trinajstić information content (AvgIpc) is 3.31. The Labute approximate surface area is 181 Å². The van der Waals surface area contributed by atoms with Gasteiger partial charge in [-0.05, 0) is 37.6 Å². The van der Waals surface area contributed by atoms with Crippen molar-refractivity contribution in [2.45, 2.75) is 19.9 Å². The van der Waals surface area contributed by atoms with Crippen LogP contribution in [-0.4, -0.2) is 54.4 Å². The van der Waals surface area contributed by atoms with Crippen LogP contribution in [0, 0.1) is 5.92 Å². The number of aromatic nitrogens is 2. The molecule has 3 rings (SSSR count). The van der Waals surface area contributed by atoms with Crippen LogP contribution in [0.4, 0.5) is 0 Å². The maximum atomic E-state index is 5.91. The van der Waals surface area contributed by atoms with Gasteiger partial charge in [-0.2, -0.15) is 4.98 Å². The predicted molar refractivity (Wildman–Crippen MR) is 117 cm³/mol. The molecule has 1 N–H and O–H groups in total. The van der Waals surface area contributed by atoms with Crippen molar-refractivity contribution in [3.05, 3.63) is 35.2 Å². The zero-order chi connectivity index (χ0) is 18.4. The quantitative estimate of drug-likeness (QED) is 0.368. The van der Waals surface area contributed by atoms with E-state index < -0.39 is 0 Å². The molecular formula is C18H25ClIN5O2. The molecule has 0 aliphatic carbocycles. The number of rotatable bonds is 6. The van der Waals surface area contributed by atoms with Crippen molar-refractivity contribution in [3.8, 4) is 11.4 Å². The Balaban J connectivity index is 0.00000261. The first kappa shape index (κ1) is 21.9. The lowest BCUT2D eigenvalue weighted by molar-refractivity contribution is 0.114. The summed E-state index contributed by atoms with van der Waals surface area (Å²) in [5.41, 5.74) is 0.868. The first-order valence-electron chi connectivity index (χ1n) is 8.81. The van der Waals surface area contributed by atoms with Crippen molar-refractivity contribution in [3.63, 3.8) is 0 Å².